The second-order valence-electron chi connectivity index (χ2n) is 7.92. The number of benzene rings is 2. The highest BCUT2D eigenvalue weighted by Crippen LogP contribution is 2.34. The molecule has 10 nitrogen and oxygen atoms in total. The van der Waals surface area contributed by atoms with Crippen LogP contribution in [-0.4, -0.2) is 33.8 Å². The lowest BCUT2D eigenvalue weighted by Crippen LogP contribution is -2.39. The van der Waals surface area contributed by atoms with Crippen LogP contribution in [0.4, 0.5) is 5.69 Å². The van der Waals surface area contributed by atoms with Crippen LogP contribution in [0.15, 0.2) is 61.9 Å². The van der Waals surface area contributed by atoms with Gasteiger partial charge >= 0.3 is 11.7 Å². The topological polar surface area (TPSA) is 133 Å². The zero-order chi connectivity index (χ0) is 26.9. The van der Waals surface area contributed by atoms with Gasteiger partial charge in [-0.15, -0.1) is 0 Å². The predicted molar refractivity (Wildman–Crippen MR) is 140 cm³/mol. The number of carbonyl (C=O) groups is 1. The molecule has 0 bridgehead atoms. The van der Waals surface area contributed by atoms with Gasteiger partial charge in [0.15, 0.2) is 4.80 Å². The van der Waals surface area contributed by atoms with Crippen LogP contribution in [0.2, 0.25) is 0 Å². The summed E-state index contributed by atoms with van der Waals surface area (Å²) in [5.74, 6) is -0.508. The Kier molecular flexibility index (Phi) is 7.60. The van der Waals surface area contributed by atoms with Crippen molar-refractivity contribution in [3.63, 3.8) is 0 Å². The zero-order valence-corrected chi connectivity index (χ0v) is 22.5. The molecule has 1 aromatic heterocycles. The van der Waals surface area contributed by atoms with Crippen molar-refractivity contribution in [1.82, 2.24) is 4.57 Å². The molecule has 192 valence electrons. The summed E-state index contributed by atoms with van der Waals surface area (Å²) in [7, 11) is 0. The summed E-state index contributed by atoms with van der Waals surface area (Å²) in [5, 5.41) is 21.8. The number of fused-ring (bicyclic) bond motifs is 1. The van der Waals surface area contributed by atoms with Crippen molar-refractivity contribution in [2.24, 2.45) is 4.99 Å². The molecule has 0 fully saturated rings. The molecule has 0 unspecified atom stereocenters. The number of phenolic OH excluding ortho intramolecular Hbond substituents is 1. The summed E-state index contributed by atoms with van der Waals surface area (Å²) in [6.45, 7) is 5.88. The second-order valence-corrected chi connectivity index (χ2v) is 9.85. The molecule has 2 heterocycles. The van der Waals surface area contributed by atoms with Crippen LogP contribution >= 0.6 is 27.3 Å². The van der Waals surface area contributed by atoms with Gasteiger partial charge in [0, 0.05) is 16.1 Å². The average Bonchev–Trinajstić information content (AvgIpc) is 3.15. The number of aromatic hydroxyl groups is 1. The minimum absolute atomic E-state index is 0.0882. The van der Waals surface area contributed by atoms with E-state index in [0.29, 0.717) is 32.9 Å². The number of phenols is 1. The van der Waals surface area contributed by atoms with E-state index in [9.17, 15) is 24.8 Å². The van der Waals surface area contributed by atoms with Gasteiger partial charge in [-0.05, 0) is 50.6 Å². The average molecular weight is 588 g/mol. The van der Waals surface area contributed by atoms with Gasteiger partial charge in [0.2, 0.25) is 5.75 Å². The fourth-order valence-corrected chi connectivity index (χ4v) is 5.52. The maximum atomic E-state index is 13.7. The fourth-order valence-electron chi connectivity index (χ4n) is 4.02. The van der Waals surface area contributed by atoms with E-state index in [-0.39, 0.29) is 22.3 Å². The van der Waals surface area contributed by atoms with E-state index in [4.69, 9.17) is 9.47 Å². The molecule has 1 N–H and O–H groups in total. The van der Waals surface area contributed by atoms with Crippen LogP contribution in [0.5, 0.6) is 11.5 Å². The summed E-state index contributed by atoms with van der Waals surface area (Å²) in [4.78, 5) is 42.1. The minimum atomic E-state index is -0.821. The highest BCUT2D eigenvalue weighted by molar-refractivity contribution is 9.10. The number of nitrogens with zero attached hydrogens (tertiary/aromatic N) is 3. The Morgan fingerprint density at radius 2 is 1.97 bits per heavy atom. The summed E-state index contributed by atoms with van der Waals surface area (Å²) in [6.07, 6.45) is 1.37. The number of hydrogen-bond acceptors (Lipinski definition) is 9. The number of esters is 1. The number of nitro groups is 1. The normalized spacial score (nSPS) is 15.2. The maximum absolute atomic E-state index is 13.7. The van der Waals surface area contributed by atoms with Gasteiger partial charge in [-0.1, -0.05) is 39.4 Å². The van der Waals surface area contributed by atoms with Crippen LogP contribution < -0.4 is 19.6 Å². The standard InChI is InChI=1S/C25H22BrN3O7S/c1-4-35-17-8-6-14(7-9-17)21-20(24(32)36-5-2)13(3)27-25-28(21)23(31)19(37-25)11-15-10-16(26)12-18(22(15)30)29(33)34/h6-12,21,30H,4-5H2,1-3H3/b19-11-/t21-/m0/s1. The quantitative estimate of drug-likeness (QED) is 0.254. The molecule has 1 atom stereocenters. The number of thiazole rings is 1. The molecule has 12 heteroatoms. The van der Waals surface area contributed by atoms with Crippen molar-refractivity contribution in [2.75, 3.05) is 13.2 Å². The van der Waals surface area contributed by atoms with Gasteiger partial charge in [-0.2, -0.15) is 0 Å². The number of aromatic nitrogens is 1. The molecule has 0 saturated heterocycles. The second kappa shape index (κ2) is 10.7. The summed E-state index contributed by atoms with van der Waals surface area (Å²) in [6, 6.07) is 8.88. The van der Waals surface area contributed by atoms with Crippen molar-refractivity contribution >= 4 is 45.0 Å². The van der Waals surface area contributed by atoms with Crippen molar-refractivity contribution in [3.8, 4) is 11.5 Å². The lowest BCUT2D eigenvalue weighted by molar-refractivity contribution is -0.385. The smallest absolute Gasteiger partial charge is 0.338 e. The first-order chi connectivity index (χ1) is 17.7. The Morgan fingerprint density at radius 1 is 1.27 bits per heavy atom. The third-order valence-corrected chi connectivity index (χ3v) is 7.03. The van der Waals surface area contributed by atoms with Crippen molar-refractivity contribution in [1.29, 1.82) is 0 Å². The molecule has 1 aliphatic heterocycles. The number of halogens is 1. The molecule has 4 rings (SSSR count). The first kappa shape index (κ1) is 26.3. The molecule has 0 aliphatic carbocycles. The third-order valence-electron chi connectivity index (χ3n) is 5.59. The molecular formula is C25H22BrN3O7S. The number of nitro benzene ring substituents is 1. The van der Waals surface area contributed by atoms with Gasteiger partial charge in [-0.25, -0.2) is 9.79 Å². The molecular weight excluding hydrogens is 566 g/mol. The van der Waals surface area contributed by atoms with E-state index in [1.807, 2.05) is 6.92 Å². The van der Waals surface area contributed by atoms with E-state index in [1.165, 1.54) is 22.8 Å². The van der Waals surface area contributed by atoms with Crippen LogP contribution in [0.25, 0.3) is 6.08 Å². The number of ether oxygens (including phenoxy) is 2. The molecule has 3 aromatic rings. The Hall–Kier alpha value is -3.77. The molecule has 0 amide bonds. The predicted octanol–water partition coefficient (Wildman–Crippen LogP) is 3.57. The Labute approximate surface area is 223 Å². The minimum Gasteiger partial charge on any atom is -0.502 e. The van der Waals surface area contributed by atoms with Crippen molar-refractivity contribution < 1.29 is 24.3 Å². The summed E-state index contributed by atoms with van der Waals surface area (Å²) < 4.78 is 12.7. The number of rotatable bonds is 7. The zero-order valence-electron chi connectivity index (χ0n) is 20.1. The summed E-state index contributed by atoms with van der Waals surface area (Å²) >= 11 is 4.25. The van der Waals surface area contributed by atoms with E-state index in [2.05, 4.69) is 20.9 Å². The lowest BCUT2D eigenvalue weighted by atomic mass is 9.96. The number of carbonyl (C=O) groups excluding carboxylic acids is 1. The van der Waals surface area contributed by atoms with E-state index in [1.54, 1.807) is 38.1 Å². The van der Waals surface area contributed by atoms with E-state index >= 15 is 0 Å². The van der Waals surface area contributed by atoms with Crippen LogP contribution in [0.1, 0.15) is 37.9 Å². The maximum Gasteiger partial charge on any atom is 0.338 e. The van der Waals surface area contributed by atoms with Crippen LogP contribution in [0.3, 0.4) is 0 Å². The number of hydrogen-bond donors (Lipinski definition) is 1. The van der Waals surface area contributed by atoms with Gasteiger partial charge in [0.1, 0.15) is 5.75 Å². The largest absolute Gasteiger partial charge is 0.502 e. The highest BCUT2D eigenvalue weighted by Gasteiger charge is 2.33. The first-order valence-electron chi connectivity index (χ1n) is 11.3. The first-order valence-corrected chi connectivity index (χ1v) is 12.9. The van der Waals surface area contributed by atoms with Gasteiger partial charge in [0.05, 0.1) is 40.0 Å². The molecule has 37 heavy (non-hydrogen) atoms. The Morgan fingerprint density at radius 3 is 2.59 bits per heavy atom. The van der Waals surface area contributed by atoms with Gasteiger partial charge in [-0.3, -0.25) is 19.5 Å². The highest BCUT2D eigenvalue weighted by atomic mass is 79.9. The molecule has 0 saturated carbocycles. The molecule has 1 aliphatic rings. The summed E-state index contributed by atoms with van der Waals surface area (Å²) in [5.41, 5.74) is 0.400. The lowest BCUT2D eigenvalue weighted by Gasteiger charge is -2.24. The van der Waals surface area contributed by atoms with Gasteiger partial charge < -0.3 is 14.6 Å². The molecule has 0 radical (unpaired) electrons. The third kappa shape index (κ3) is 5.07. The van der Waals surface area contributed by atoms with Gasteiger partial charge in [0.25, 0.3) is 5.56 Å². The molecule has 2 aromatic carbocycles. The van der Waals surface area contributed by atoms with Crippen molar-refractivity contribution in [2.45, 2.75) is 26.8 Å². The van der Waals surface area contributed by atoms with Crippen LogP contribution in [0, 0.1) is 10.1 Å². The molecule has 0 spiro atoms. The van der Waals surface area contributed by atoms with E-state index < -0.39 is 33.9 Å². The van der Waals surface area contributed by atoms with Crippen molar-refractivity contribution in [3.05, 3.63) is 93.1 Å². The Bertz CT molecular complexity index is 1610. The monoisotopic (exact) mass is 587 g/mol. The Balaban J connectivity index is 1.95. The van der Waals surface area contributed by atoms with E-state index in [0.717, 1.165) is 11.3 Å². The fraction of sp³-hybridized carbons (Fsp3) is 0.240. The van der Waals surface area contributed by atoms with Crippen LogP contribution in [-0.2, 0) is 9.53 Å². The SMILES string of the molecule is CCOC(=O)C1=C(C)N=c2s/c(=C\c3cc(Br)cc([N+](=O)[O-])c3O)c(=O)n2[C@H]1c1ccc(OCC)cc1. The number of allylic oxidation sites excluding steroid dienone is 1.